The van der Waals surface area contributed by atoms with Crippen LogP contribution < -0.4 is 11.3 Å². The number of hydrogen-bond donors (Lipinski definition) is 2. The summed E-state index contributed by atoms with van der Waals surface area (Å²) >= 11 is 1.50. The van der Waals surface area contributed by atoms with E-state index in [0.717, 1.165) is 24.0 Å². The summed E-state index contributed by atoms with van der Waals surface area (Å²) < 4.78 is 0. The first-order chi connectivity index (χ1) is 7.15. The minimum Gasteiger partial charge on any atom is -0.299 e. The van der Waals surface area contributed by atoms with Gasteiger partial charge in [-0.2, -0.15) is 0 Å². The van der Waals surface area contributed by atoms with Crippen molar-refractivity contribution in [2.24, 2.45) is 11.8 Å². The second-order valence-electron chi connectivity index (χ2n) is 3.86. The molecule has 86 valence electrons. The van der Waals surface area contributed by atoms with Gasteiger partial charge in [-0.15, -0.1) is 10.2 Å². The van der Waals surface area contributed by atoms with Crippen LogP contribution in [0.25, 0.3) is 0 Å². The summed E-state index contributed by atoms with van der Waals surface area (Å²) in [6, 6.07) is 0. The van der Waals surface area contributed by atoms with Crippen LogP contribution in [0, 0.1) is 5.92 Å². The quantitative estimate of drug-likeness (QED) is 0.568. The van der Waals surface area contributed by atoms with Crippen LogP contribution in [-0.4, -0.2) is 28.7 Å². The van der Waals surface area contributed by atoms with Gasteiger partial charge in [0.25, 0.3) is 0 Å². The van der Waals surface area contributed by atoms with Gasteiger partial charge < -0.3 is 0 Å². The van der Waals surface area contributed by atoms with Crippen LogP contribution in [0.1, 0.15) is 25.3 Å². The lowest BCUT2D eigenvalue weighted by Crippen LogP contribution is -2.23. The third kappa shape index (κ3) is 4.11. The van der Waals surface area contributed by atoms with Crippen LogP contribution in [0.3, 0.4) is 0 Å². The molecule has 0 amide bonds. The molecule has 0 radical (unpaired) electrons. The van der Waals surface area contributed by atoms with Crippen molar-refractivity contribution in [2.75, 3.05) is 19.0 Å². The third-order valence-corrected chi connectivity index (χ3v) is 3.15. The van der Waals surface area contributed by atoms with E-state index in [1.165, 1.54) is 17.8 Å². The number of anilines is 1. The fourth-order valence-corrected chi connectivity index (χ4v) is 2.06. The minimum atomic E-state index is 0.668. The van der Waals surface area contributed by atoms with Crippen LogP contribution >= 0.6 is 11.3 Å². The zero-order chi connectivity index (χ0) is 11.3. The Labute approximate surface area is 94.7 Å². The van der Waals surface area contributed by atoms with E-state index in [2.05, 4.69) is 41.4 Å². The topological polar surface area (TPSA) is 67.1 Å². The highest BCUT2D eigenvalue weighted by Gasteiger charge is 2.08. The predicted octanol–water partition coefficient (Wildman–Crippen LogP) is 1.30. The lowest BCUT2D eigenvalue weighted by Gasteiger charge is -2.18. The minimum absolute atomic E-state index is 0.668. The molecule has 0 aliphatic carbocycles. The van der Waals surface area contributed by atoms with E-state index in [-0.39, 0.29) is 0 Å². The number of rotatable bonds is 6. The summed E-state index contributed by atoms with van der Waals surface area (Å²) in [6.45, 7) is 6.38. The summed E-state index contributed by atoms with van der Waals surface area (Å²) in [7, 11) is 2.10. The molecule has 0 aliphatic heterocycles. The van der Waals surface area contributed by atoms with Crippen molar-refractivity contribution in [3.05, 3.63) is 5.01 Å². The van der Waals surface area contributed by atoms with E-state index in [0.29, 0.717) is 5.13 Å². The highest BCUT2D eigenvalue weighted by Crippen LogP contribution is 2.15. The van der Waals surface area contributed by atoms with Gasteiger partial charge in [-0.3, -0.25) is 10.3 Å². The maximum atomic E-state index is 5.24. The van der Waals surface area contributed by atoms with Gasteiger partial charge in [0.15, 0.2) is 0 Å². The van der Waals surface area contributed by atoms with E-state index in [4.69, 9.17) is 5.84 Å². The summed E-state index contributed by atoms with van der Waals surface area (Å²) in [5.41, 5.74) is 2.50. The van der Waals surface area contributed by atoms with Crippen LogP contribution in [0.4, 0.5) is 5.13 Å². The van der Waals surface area contributed by atoms with Gasteiger partial charge in [0, 0.05) is 6.54 Å². The molecule has 1 rings (SSSR count). The molecule has 1 aromatic heterocycles. The first-order valence-corrected chi connectivity index (χ1v) is 5.94. The Morgan fingerprint density at radius 3 is 2.80 bits per heavy atom. The molecule has 0 spiro atoms. The molecule has 0 saturated heterocycles. The Morgan fingerprint density at radius 1 is 1.53 bits per heavy atom. The van der Waals surface area contributed by atoms with Crippen LogP contribution in [0.5, 0.6) is 0 Å². The zero-order valence-corrected chi connectivity index (χ0v) is 10.3. The number of hydrazine groups is 1. The second kappa shape index (κ2) is 5.99. The number of nitrogen functional groups attached to an aromatic ring is 1. The first kappa shape index (κ1) is 12.4. The predicted molar refractivity (Wildman–Crippen MR) is 63.5 cm³/mol. The Hall–Kier alpha value is -0.720. The average molecular weight is 229 g/mol. The molecule has 0 aromatic carbocycles. The number of nitrogens with zero attached hydrogens (tertiary/aromatic N) is 3. The van der Waals surface area contributed by atoms with Gasteiger partial charge in [0.1, 0.15) is 5.01 Å². The summed E-state index contributed by atoms with van der Waals surface area (Å²) in [5, 5.41) is 9.60. The Bertz CT molecular complexity index is 288. The fraction of sp³-hybridized carbons (Fsp3) is 0.778. The number of aromatic nitrogens is 2. The molecule has 5 nitrogen and oxygen atoms in total. The largest absolute Gasteiger partial charge is 0.299 e. The smallest absolute Gasteiger partial charge is 0.219 e. The first-order valence-electron chi connectivity index (χ1n) is 5.13. The molecule has 1 heterocycles. The Morgan fingerprint density at radius 2 is 2.27 bits per heavy atom. The van der Waals surface area contributed by atoms with Gasteiger partial charge in [-0.25, -0.2) is 5.84 Å². The van der Waals surface area contributed by atoms with E-state index < -0.39 is 0 Å². The summed E-state index contributed by atoms with van der Waals surface area (Å²) in [6.07, 6.45) is 1.20. The van der Waals surface area contributed by atoms with Gasteiger partial charge in [-0.1, -0.05) is 31.6 Å². The molecule has 0 aliphatic rings. The lowest BCUT2D eigenvalue weighted by molar-refractivity contribution is 0.274. The van der Waals surface area contributed by atoms with Crippen molar-refractivity contribution in [1.29, 1.82) is 0 Å². The van der Waals surface area contributed by atoms with Crippen molar-refractivity contribution in [3.63, 3.8) is 0 Å². The summed E-state index contributed by atoms with van der Waals surface area (Å²) in [4.78, 5) is 2.26. The molecular formula is C9H19N5S. The third-order valence-electron chi connectivity index (χ3n) is 2.32. The van der Waals surface area contributed by atoms with E-state index in [1.807, 2.05) is 0 Å². The molecule has 0 saturated carbocycles. The second-order valence-corrected chi connectivity index (χ2v) is 4.92. The highest BCUT2D eigenvalue weighted by atomic mass is 32.1. The Balaban J connectivity index is 2.40. The van der Waals surface area contributed by atoms with Crippen molar-refractivity contribution >= 4 is 16.5 Å². The maximum absolute atomic E-state index is 5.24. The lowest BCUT2D eigenvalue weighted by atomic mass is 10.1. The van der Waals surface area contributed by atoms with Crippen LogP contribution in [0.15, 0.2) is 0 Å². The van der Waals surface area contributed by atoms with Gasteiger partial charge >= 0.3 is 0 Å². The summed E-state index contributed by atoms with van der Waals surface area (Å²) in [5.74, 6) is 5.96. The van der Waals surface area contributed by atoms with Gasteiger partial charge in [0.2, 0.25) is 5.13 Å². The fourth-order valence-electron chi connectivity index (χ4n) is 1.33. The molecule has 1 atom stereocenters. The van der Waals surface area contributed by atoms with Crippen molar-refractivity contribution in [2.45, 2.75) is 26.8 Å². The average Bonchev–Trinajstić information content (AvgIpc) is 2.65. The van der Waals surface area contributed by atoms with Crippen molar-refractivity contribution in [3.8, 4) is 0 Å². The normalized spacial score (nSPS) is 13.1. The zero-order valence-electron chi connectivity index (χ0n) is 9.53. The molecular weight excluding hydrogens is 210 g/mol. The van der Waals surface area contributed by atoms with E-state index >= 15 is 0 Å². The molecule has 0 bridgehead atoms. The number of hydrogen-bond acceptors (Lipinski definition) is 6. The maximum Gasteiger partial charge on any atom is 0.219 e. The molecule has 0 fully saturated rings. The van der Waals surface area contributed by atoms with E-state index in [9.17, 15) is 0 Å². The van der Waals surface area contributed by atoms with Crippen LogP contribution in [0.2, 0.25) is 0 Å². The van der Waals surface area contributed by atoms with Crippen LogP contribution in [-0.2, 0) is 6.54 Å². The molecule has 1 aromatic rings. The number of nitrogens with two attached hydrogens (primary N) is 1. The molecule has 6 heteroatoms. The van der Waals surface area contributed by atoms with Crippen molar-refractivity contribution in [1.82, 2.24) is 15.1 Å². The Kier molecular flexibility index (Phi) is 4.93. The van der Waals surface area contributed by atoms with Crippen molar-refractivity contribution < 1.29 is 0 Å². The standard InChI is InChI=1S/C9H19N5S/c1-4-7(2)5-14(3)6-8-12-13-9(11-10)15-8/h7H,4-6,10H2,1-3H3,(H,11,13). The monoisotopic (exact) mass is 229 g/mol. The molecule has 1 unspecified atom stereocenters. The SMILES string of the molecule is CCC(C)CN(C)Cc1nnc(NN)s1. The van der Waals surface area contributed by atoms with E-state index in [1.54, 1.807) is 0 Å². The van der Waals surface area contributed by atoms with Gasteiger partial charge in [-0.05, 0) is 13.0 Å². The highest BCUT2D eigenvalue weighted by molar-refractivity contribution is 7.15. The van der Waals surface area contributed by atoms with Gasteiger partial charge in [0.05, 0.1) is 6.54 Å². The molecule has 15 heavy (non-hydrogen) atoms. The molecule has 3 N–H and O–H groups in total. The number of nitrogens with one attached hydrogen (secondary N) is 1.